The van der Waals surface area contributed by atoms with Crippen molar-refractivity contribution in [3.63, 3.8) is 0 Å². The Morgan fingerprint density at radius 1 is 1.27 bits per heavy atom. The topological polar surface area (TPSA) is 94.4 Å². The van der Waals surface area contributed by atoms with Gasteiger partial charge in [0.2, 0.25) is 5.91 Å². The predicted molar refractivity (Wildman–Crippen MR) is 94.4 cm³/mol. The van der Waals surface area contributed by atoms with Gasteiger partial charge in [0.1, 0.15) is 11.6 Å². The molecule has 0 aliphatic carbocycles. The summed E-state index contributed by atoms with van der Waals surface area (Å²) in [6.07, 6.45) is 1.86. The second-order valence-electron chi connectivity index (χ2n) is 6.58. The van der Waals surface area contributed by atoms with E-state index in [1.165, 1.54) is 7.11 Å². The molecule has 2 aromatic rings. The van der Waals surface area contributed by atoms with E-state index in [1.54, 1.807) is 36.1 Å². The van der Waals surface area contributed by atoms with Gasteiger partial charge in [-0.2, -0.15) is 4.68 Å². The van der Waals surface area contributed by atoms with Crippen molar-refractivity contribution in [2.75, 3.05) is 20.2 Å². The number of fused-ring (bicyclic) bond motifs is 1. The number of amides is 1. The zero-order valence-corrected chi connectivity index (χ0v) is 14.9. The minimum atomic E-state index is -0.725. The number of piperidine rings is 1. The Bertz CT molecular complexity index is 871. The normalized spacial score (nSPS) is 16.5. The minimum absolute atomic E-state index is 0.159. The number of benzene rings is 1. The standard InChI is InChI=1S/C18H22N4O4/c1-12(22-18(25)14-5-3-4-6-15(14)19-20-22)17(24)21-9-7-13(8-10-21)11-16(23)26-2/h3-6,12-13H,7-11H2,1-2H3/t12-/m1/s1. The molecule has 1 saturated heterocycles. The number of nitrogens with zero attached hydrogens (tertiary/aromatic N) is 4. The molecule has 0 unspecified atom stereocenters. The molecule has 1 amide bonds. The molecule has 26 heavy (non-hydrogen) atoms. The van der Waals surface area contributed by atoms with Crippen molar-refractivity contribution < 1.29 is 14.3 Å². The zero-order valence-electron chi connectivity index (χ0n) is 14.9. The van der Waals surface area contributed by atoms with Gasteiger partial charge in [0.05, 0.1) is 12.5 Å². The van der Waals surface area contributed by atoms with Crippen LogP contribution < -0.4 is 5.56 Å². The summed E-state index contributed by atoms with van der Waals surface area (Å²) in [6.45, 7) is 2.77. The lowest BCUT2D eigenvalue weighted by Gasteiger charge is -2.33. The summed E-state index contributed by atoms with van der Waals surface area (Å²) in [6, 6.07) is 6.21. The first kappa shape index (κ1) is 18.0. The summed E-state index contributed by atoms with van der Waals surface area (Å²) in [7, 11) is 1.38. The summed E-state index contributed by atoms with van der Waals surface area (Å²) < 4.78 is 5.84. The lowest BCUT2D eigenvalue weighted by atomic mass is 9.93. The van der Waals surface area contributed by atoms with Gasteiger partial charge in [-0.1, -0.05) is 17.3 Å². The number of carbonyl (C=O) groups is 2. The molecule has 8 nitrogen and oxygen atoms in total. The van der Waals surface area contributed by atoms with E-state index < -0.39 is 6.04 Å². The highest BCUT2D eigenvalue weighted by atomic mass is 16.5. The molecule has 0 bridgehead atoms. The van der Waals surface area contributed by atoms with Crippen molar-refractivity contribution in [2.45, 2.75) is 32.2 Å². The first-order chi connectivity index (χ1) is 12.5. The Hall–Kier alpha value is -2.77. The van der Waals surface area contributed by atoms with Crippen LogP contribution >= 0.6 is 0 Å². The van der Waals surface area contributed by atoms with Crippen molar-refractivity contribution in [1.29, 1.82) is 0 Å². The van der Waals surface area contributed by atoms with Gasteiger partial charge in [-0.05, 0) is 37.8 Å². The van der Waals surface area contributed by atoms with Crippen molar-refractivity contribution in [2.24, 2.45) is 5.92 Å². The molecule has 0 radical (unpaired) electrons. The van der Waals surface area contributed by atoms with Crippen LogP contribution in [0.4, 0.5) is 0 Å². The summed E-state index contributed by atoms with van der Waals surface area (Å²) in [5.74, 6) is -0.153. The Balaban J connectivity index is 1.70. The van der Waals surface area contributed by atoms with E-state index in [2.05, 4.69) is 10.3 Å². The molecular weight excluding hydrogens is 336 g/mol. The number of carbonyl (C=O) groups excluding carboxylic acids is 2. The van der Waals surface area contributed by atoms with E-state index in [-0.39, 0.29) is 23.4 Å². The maximum atomic E-state index is 12.8. The fraction of sp³-hybridized carbons (Fsp3) is 0.500. The highest BCUT2D eigenvalue weighted by Crippen LogP contribution is 2.22. The van der Waals surface area contributed by atoms with Crippen LogP contribution in [0.1, 0.15) is 32.2 Å². The van der Waals surface area contributed by atoms with Crippen molar-refractivity contribution in [3.05, 3.63) is 34.6 Å². The number of aromatic nitrogens is 3. The molecule has 0 N–H and O–H groups in total. The number of methoxy groups -OCH3 is 1. The van der Waals surface area contributed by atoms with E-state index in [4.69, 9.17) is 4.74 Å². The van der Waals surface area contributed by atoms with E-state index in [1.807, 2.05) is 0 Å². The molecule has 0 spiro atoms. The number of likely N-dealkylation sites (tertiary alicyclic amines) is 1. The summed E-state index contributed by atoms with van der Waals surface area (Å²) in [5.41, 5.74) is 0.189. The number of hydrogen-bond donors (Lipinski definition) is 0. The van der Waals surface area contributed by atoms with Gasteiger partial charge < -0.3 is 9.64 Å². The predicted octanol–water partition coefficient (Wildman–Crippen LogP) is 1.15. The maximum Gasteiger partial charge on any atom is 0.305 e. The third-order valence-corrected chi connectivity index (χ3v) is 4.92. The van der Waals surface area contributed by atoms with Crippen LogP contribution in [0.3, 0.4) is 0 Å². The van der Waals surface area contributed by atoms with E-state index >= 15 is 0 Å². The van der Waals surface area contributed by atoms with Crippen LogP contribution in [0, 0.1) is 5.92 Å². The molecule has 1 aliphatic heterocycles. The first-order valence-corrected chi connectivity index (χ1v) is 8.71. The molecule has 3 rings (SSSR count). The number of ether oxygens (including phenoxy) is 1. The third kappa shape index (κ3) is 3.58. The molecule has 1 atom stereocenters. The SMILES string of the molecule is COC(=O)CC1CCN(C(=O)[C@@H](C)n2nnc3ccccc3c2=O)CC1. The second kappa shape index (κ2) is 7.63. The van der Waals surface area contributed by atoms with Crippen LogP contribution in [0.5, 0.6) is 0 Å². The van der Waals surface area contributed by atoms with Gasteiger partial charge in [0.15, 0.2) is 0 Å². The fourth-order valence-electron chi connectivity index (χ4n) is 3.30. The van der Waals surface area contributed by atoms with Gasteiger partial charge in [0, 0.05) is 19.5 Å². The van der Waals surface area contributed by atoms with Crippen LogP contribution in [0.2, 0.25) is 0 Å². The number of rotatable bonds is 4. The Morgan fingerprint density at radius 2 is 1.96 bits per heavy atom. The van der Waals surface area contributed by atoms with E-state index in [0.717, 1.165) is 17.5 Å². The lowest BCUT2D eigenvalue weighted by Crippen LogP contribution is -2.44. The Morgan fingerprint density at radius 3 is 2.65 bits per heavy atom. The van der Waals surface area contributed by atoms with Gasteiger partial charge in [-0.15, -0.1) is 5.10 Å². The number of hydrogen-bond acceptors (Lipinski definition) is 6. The number of esters is 1. The smallest absolute Gasteiger partial charge is 0.305 e. The van der Waals surface area contributed by atoms with Gasteiger partial charge in [0.25, 0.3) is 5.56 Å². The van der Waals surface area contributed by atoms with Gasteiger partial charge in [-0.25, -0.2) is 0 Å². The molecule has 1 fully saturated rings. The molecule has 1 aliphatic rings. The van der Waals surface area contributed by atoms with E-state index in [9.17, 15) is 14.4 Å². The molecule has 138 valence electrons. The first-order valence-electron chi connectivity index (χ1n) is 8.71. The van der Waals surface area contributed by atoms with Crippen molar-refractivity contribution in [3.8, 4) is 0 Å². The van der Waals surface area contributed by atoms with Gasteiger partial charge >= 0.3 is 5.97 Å². The fourth-order valence-corrected chi connectivity index (χ4v) is 3.30. The maximum absolute atomic E-state index is 12.8. The summed E-state index contributed by atoms with van der Waals surface area (Å²) in [5, 5.41) is 8.41. The van der Waals surface area contributed by atoms with Crippen LogP contribution in [0.25, 0.3) is 10.9 Å². The quantitative estimate of drug-likeness (QED) is 0.761. The molecule has 0 saturated carbocycles. The summed E-state index contributed by atoms with van der Waals surface area (Å²) >= 11 is 0. The Labute approximate surface area is 150 Å². The molecule has 8 heteroatoms. The average molecular weight is 358 g/mol. The van der Waals surface area contributed by atoms with Crippen molar-refractivity contribution >= 4 is 22.8 Å². The molecule has 1 aromatic carbocycles. The van der Waals surface area contributed by atoms with E-state index in [0.29, 0.717) is 30.4 Å². The molecule has 1 aromatic heterocycles. The molecular formula is C18H22N4O4. The van der Waals surface area contributed by atoms with Crippen LogP contribution in [-0.4, -0.2) is 52.0 Å². The van der Waals surface area contributed by atoms with Crippen LogP contribution in [-0.2, 0) is 14.3 Å². The van der Waals surface area contributed by atoms with Gasteiger partial charge in [-0.3, -0.25) is 14.4 Å². The monoisotopic (exact) mass is 358 g/mol. The average Bonchev–Trinajstić information content (AvgIpc) is 2.68. The minimum Gasteiger partial charge on any atom is -0.469 e. The highest BCUT2D eigenvalue weighted by Gasteiger charge is 2.29. The molecule has 2 heterocycles. The summed E-state index contributed by atoms with van der Waals surface area (Å²) in [4.78, 5) is 38.5. The third-order valence-electron chi connectivity index (χ3n) is 4.92. The highest BCUT2D eigenvalue weighted by molar-refractivity contribution is 5.81. The Kier molecular flexibility index (Phi) is 5.29. The lowest BCUT2D eigenvalue weighted by molar-refractivity contribution is -0.142. The second-order valence-corrected chi connectivity index (χ2v) is 6.58. The van der Waals surface area contributed by atoms with Crippen LogP contribution in [0.15, 0.2) is 29.1 Å². The van der Waals surface area contributed by atoms with Crippen molar-refractivity contribution in [1.82, 2.24) is 19.9 Å². The largest absolute Gasteiger partial charge is 0.469 e. The zero-order chi connectivity index (χ0) is 18.7.